The quantitative estimate of drug-likeness (QED) is 0.822. The largest absolute Gasteiger partial charge is 0.340 e. The van der Waals surface area contributed by atoms with Gasteiger partial charge in [0, 0.05) is 21.9 Å². The van der Waals surface area contributed by atoms with Crippen LogP contribution in [0.4, 0.5) is 11.5 Å². The molecule has 18 heavy (non-hydrogen) atoms. The molecular weight excluding hydrogens is 314 g/mol. The molecule has 0 aliphatic carbocycles. The van der Waals surface area contributed by atoms with Crippen molar-refractivity contribution in [3.05, 3.63) is 44.8 Å². The number of anilines is 2. The van der Waals surface area contributed by atoms with Crippen LogP contribution in [-0.2, 0) is 0 Å². The molecular formula is C13H13BrClN3. The molecule has 1 aromatic heterocycles. The van der Waals surface area contributed by atoms with Gasteiger partial charge in [0.2, 0.25) is 5.28 Å². The summed E-state index contributed by atoms with van der Waals surface area (Å²) in [7, 11) is 0. The molecule has 1 aromatic carbocycles. The zero-order chi connectivity index (χ0) is 13.3. The first kappa shape index (κ1) is 13.3. The van der Waals surface area contributed by atoms with Gasteiger partial charge in [-0.05, 0) is 55.6 Å². The van der Waals surface area contributed by atoms with Crippen LogP contribution < -0.4 is 5.32 Å². The van der Waals surface area contributed by atoms with Crippen molar-refractivity contribution in [1.29, 1.82) is 0 Å². The highest BCUT2D eigenvalue weighted by molar-refractivity contribution is 9.10. The average Bonchev–Trinajstić information content (AvgIpc) is 2.24. The standard InChI is InChI=1S/C13H13BrClN3/c1-7-4-10(5-8(2)12(7)14)17-11-6-9(3)16-13(15)18-11/h4-6H,1-3H3,(H,16,17,18). The average molecular weight is 327 g/mol. The van der Waals surface area contributed by atoms with Crippen LogP contribution in [0, 0.1) is 20.8 Å². The van der Waals surface area contributed by atoms with E-state index in [1.54, 1.807) is 0 Å². The van der Waals surface area contributed by atoms with Crippen molar-refractivity contribution in [2.24, 2.45) is 0 Å². The number of rotatable bonds is 2. The van der Waals surface area contributed by atoms with Crippen molar-refractivity contribution >= 4 is 39.0 Å². The molecule has 1 heterocycles. The molecule has 0 amide bonds. The Kier molecular flexibility index (Phi) is 3.88. The highest BCUT2D eigenvalue weighted by atomic mass is 79.9. The topological polar surface area (TPSA) is 37.8 Å². The van der Waals surface area contributed by atoms with Crippen molar-refractivity contribution in [3.8, 4) is 0 Å². The lowest BCUT2D eigenvalue weighted by molar-refractivity contribution is 1.10. The number of aromatic nitrogens is 2. The first-order chi connectivity index (χ1) is 8.45. The minimum Gasteiger partial charge on any atom is -0.340 e. The van der Waals surface area contributed by atoms with Crippen LogP contribution in [0.25, 0.3) is 0 Å². The second-order valence-corrected chi connectivity index (χ2v) is 5.34. The molecule has 0 fully saturated rings. The number of benzene rings is 1. The van der Waals surface area contributed by atoms with E-state index in [1.807, 2.05) is 13.0 Å². The van der Waals surface area contributed by atoms with Gasteiger partial charge in [-0.25, -0.2) is 9.97 Å². The Balaban J connectivity index is 2.34. The molecule has 3 nitrogen and oxygen atoms in total. The van der Waals surface area contributed by atoms with E-state index >= 15 is 0 Å². The van der Waals surface area contributed by atoms with Crippen LogP contribution in [0.1, 0.15) is 16.8 Å². The zero-order valence-corrected chi connectivity index (χ0v) is 12.7. The first-order valence-electron chi connectivity index (χ1n) is 5.50. The number of nitrogens with zero attached hydrogens (tertiary/aromatic N) is 2. The van der Waals surface area contributed by atoms with Crippen LogP contribution in [0.5, 0.6) is 0 Å². The third-order valence-electron chi connectivity index (χ3n) is 2.54. The summed E-state index contributed by atoms with van der Waals surface area (Å²) in [5.41, 5.74) is 4.18. The third-order valence-corrected chi connectivity index (χ3v) is 3.96. The molecule has 2 aromatic rings. The number of halogens is 2. The second-order valence-electron chi connectivity index (χ2n) is 4.21. The molecule has 0 atom stereocenters. The Morgan fingerprint density at radius 1 is 1.06 bits per heavy atom. The fourth-order valence-electron chi connectivity index (χ4n) is 1.76. The lowest BCUT2D eigenvalue weighted by atomic mass is 10.1. The molecule has 0 saturated heterocycles. The summed E-state index contributed by atoms with van der Waals surface area (Å²) < 4.78 is 1.13. The van der Waals surface area contributed by atoms with Gasteiger partial charge >= 0.3 is 0 Å². The lowest BCUT2D eigenvalue weighted by Gasteiger charge is -2.10. The Labute approximate surface area is 120 Å². The number of aryl methyl sites for hydroxylation is 3. The maximum atomic E-state index is 5.83. The monoisotopic (exact) mass is 325 g/mol. The summed E-state index contributed by atoms with van der Waals surface area (Å²) in [5.74, 6) is 0.702. The molecule has 0 bridgehead atoms. The van der Waals surface area contributed by atoms with E-state index in [0.29, 0.717) is 5.82 Å². The molecule has 0 unspecified atom stereocenters. The fourth-order valence-corrected chi connectivity index (χ4v) is 2.22. The van der Waals surface area contributed by atoms with Crippen molar-refractivity contribution < 1.29 is 0 Å². The molecule has 0 aliphatic heterocycles. The van der Waals surface area contributed by atoms with Gasteiger partial charge in [0.1, 0.15) is 5.82 Å². The Morgan fingerprint density at radius 3 is 2.22 bits per heavy atom. The molecule has 5 heteroatoms. The molecule has 1 N–H and O–H groups in total. The van der Waals surface area contributed by atoms with Crippen LogP contribution in [-0.4, -0.2) is 9.97 Å². The summed E-state index contributed by atoms with van der Waals surface area (Å²) in [4.78, 5) is 8.17. The molecule has 94 valence electrons. The number of hydrogen-bond acceptors (Lipinski definition) is 3. The Morgan fingerprint density at radius 2 is 1.67 bits per heavy atom. The maximum absolute atomic E-state index is 5.83. The first-order valence-corrected chi connectivity index (χ1v) is 6.68. The SMILES string of the molecule is Cc1cc(Nc2cc(C)c(Br)c(C)c2)nc(Cl)n1. The molecule has 0 aliphatic rings. The number of hydrogen-bond donors (Lipinski definition) is 1. The maximum Gasteiger partial charge on any atom is 0.224 e. The minimum absolute atomic E-state index is 0.253. The number of nitrogens with one attached hydrogen (secondary N) is 1. The van der Waals surface area contributed by atoms with Crippen molar-refractivity contribution in [2.75, 3.05) is 5.32 Å². The highest BCUT2D eigenvalue weighted by Gasteiger charge is 2.04. The smallest absolute Gasteiger partial charge is 0.224 e. The van der Waals surface area contributed by atoms with Gasteiger partial charge in [-0.2, -0.15) is 0 Å². The predicted octanol–water partition coefficient (Wildman–Crippen LogP) is 4.56. The van der Waals surface area contributed by atoms with Crippen LogP contribution in [0.3, 0.4) is 0 Å². The van der Waals surface area contributed by atoms with E-state index in [0.717, 1.165) is 15.9 Å². The summed E-state index contributed by atoms with van der Waals surface area (Å²) in [5, 5.41) is 3.49. The summed E-state index contributed by atoms with van der Waals surface area (Å²) in [6, 6.07) is 5.98. The van der Waals surface area contributed by atoms with E-state index in [9.17, 15) is 0 Å². The van der Waals surface area contributed by atoms with Crippen LogP contribution in [0.2, 0.25) is 5.28 Å². The van der Waals surface area contributed by atoms with E-state index in [2.05, 4.69) is 57.2 Å². The molecule has 0 saturated carbocycles. The van der Waals surface area contributed by atoms with Crippen LogP contribution >= 0.6 is 27.5 Å². The van der Waals surface area contributed by atoms with Crippen molar-refractivity contribution in [1.82, 2.24) is 9.97 Å². The van der Waals surface area contributed by atoms with Gasteiger partial charge < -0.3 is 5.32 Å². The summed E-state index contributed by atoms with van der Waals surface area (Å²) in [6.45, 7) is 6.00. The van der Waals surface area contributed by atoms with E-state index in [1.165, 1.54) is 11.1 Å². The van der Waals surface area contributed by atoms with Gasteiger partial charge in [-0.3, -0.25) is 0 Å². The summed E-state index contributed by atoms with van der Waals surface area (Å²) in [6.07, 6.45) is 0. The van der Waals surface area contributed by atoms with Crippen molar-refractivity contribution in [2.45, 2.75) is 20.8 Å². The van der Waals surface area contributed by atoms with Gasteiger partial charge in [-0.15, -0.1) is 0 Å². The molecule has 0 spiro atoms. The van der Waals surface area contributed by atoms with E-state index < -0.39 is 0 Å². The summed E-state index contributed by atoms with van der Waals surface area (Å²) >= 11 is 9.38. The van der Waals surface area contributed by atoms with Gasteiger partial charge in [0.15, 0.2) is 0 Å². The van der Waals surface area contributed by atoms with Crippen molar-refractivity contribution in [3.63, 3.8) is 0 Å². The predicted molar refractivity (Wildman–Crippen MR) is 78.7 cm³/mol. The van der Waals surface area contributed by atoms with E-state index in [4.69, 9.17) is 11.6 Å². The molecule has 2 rings (SSSR count). The Bertz CT molecular complexity index is 556. The second kappa shape index (κ2) is 5.24. The van der Waals surface area contributed by atoms with Gasteiger partial charge in [0.25, 0.3) is 0 Å². The van der Waals surface area contributed by atoms with Gasteiger partial charge in [0.05, 0.1) is 0 Å². The third kappa shape index (κ3) is 3.00. The Hall–Kier alpha value is -1.13. The minimum atomic E-state index is 0.253. The van der Waals surface area contributed by atoms with Crippen LogP contribution in [0.15, 0.2) is 22.7 Å². The lowest BCUT2D eigenvalue weighted by Crippen LogP contribution is -1.98. The fraction of sp³-hybridized carbons (Fsp3) is 0.231. The highest BCUT2D eigenvalue weighted by Crippen LogP contribution is 2.26. The van der Waals surface area contributed by atoms with E-state index in [-0.39, 0.29) is 5.28 Å². The van der Waals surface area contributed by atoms with Gasteiger partial charge in [-0.1, -0.05) is 15.9 Å². The zero-order valence-electron chi connectivity index (χ0n) is 10.4. The molecule has 0 radical (unpaired) electrons. The normalized spacial score (nSPS) is 10.5.